The van der Waals surface area contributed by atoms with Gasteiger partial charge in [-0.3, -0.25) is 0 Å². The Morgan fingerprint density at radius 3 is 2.45 bits per heavy atom. The Morgan fingerprint density at radius 2 is 1.80 bits per heavy atom. The summed E-state index contributed by atoms with van der Waals surface area (Å²) in [6, 6.07) is 13.7. The minimum Gasteiger partial charge on any atom is -0.504 e. The summed E-state index contributed by atoms with van der Waals surface area (Å²) in [7, 11) is 0. The average Bonchev–Trinajstić information content (AvgIpc) is 2.42. The first-order valence-corrected chi connectivity index (χ1v) is 6.09. The number of hydrogen-bond donors (Lipinski definition) is 2. The number of aryl methyl sites for hydroxylation is 1. The van der Waals surface area contributed by atoms with Crippen molar-refractivity contribution in [2.75, 3.05) is 0 Å². The van der Waals surface area contributed by atoms with Gasteiger partial charge in [-0.25, -0.2) is 4.79 Å². The van der Waals surface area contributed by atoms with Crippen LogP contribution in [-0.2, 0) is 6.54 Å². The van der Waals surface area contributed by atoms with Gasteiger partial charge in [0.2, 0.25) is 0 Å². The average molecular weight is 273 g/mol. The Balaban J connectivity index is 2.19. The van der Waals surface area contributed by atoms with Gasteiger partial charge in [0, 0.05) is 0 Å². The van der Waals surface area contributed by atoms with Crippen LogP contribution in [0.5, 0.6) is 11.5 Å². The van der Waals surface area contributed by atoms with E-state index in [1.54, 1.807) is 12.1 Å². The fourth-order valence-electron chi connectivity index (χ4n) is 1.73. The van der Waals surface area contributed by atoms with Crippen molar-refractivity contribution in [2.24, 2.45) is 0 Å². The van der Waals surface area contributed by atoms with Crippen LogP contribution in [0.25, 0.3) is 0 Å². The molecule has 0 radical (unpaired) electrons. The number of carboxylic acid groups (broad SMARTS) is 1. The van der Waals surface area contributed by atoms with E-state index >= 15 is 0 Å². The van der Waals surface area contributed by atoms with Gasteiger partial charge in [0.05, 0.1) is 6.54 Å². The number of rotatable bonds is 4. The van der Waals surface area contributed by atoms with E-state index in [-0.39, 0.29) is 18.0 Å². The third-order valence-corrected chi connectivity index (χ3v) is 2.86. The van der Waals surface area contributed by atoms with Crippen molar-refractivity contribution < 1.29 is 19.8 Å². The van der Waals surface area contributed by atoms with Crippen LogP contribution in [0.2, 0.25) is 0 Å². The first-order valence-electron chi connectivity index (χ1n) is 6.09. The van der Waals surface area contributed by atoms with E-state index in [2.05, 4.69) is 0 Å². The van der Waals surface area contributed by atoms with Crippen LogP contribution >= 0.6 is 0 Å². The minimum atomic E-state index is -1.23. The lowest BCUT2D eigenvalue weighted by molar-refractivity contribution is -0.0446. The Kier molecular flexibility index (Phi) is 4.10. The van der Waals surface area contributed by atoms with E-state index in [4.69, 9.17) is 4.84 Å². The third-order valence-electron chi connectivity index (χ3n) is 2.86. The molecule has 0 unspecified atom stereocenters. The fraction of sp³-hybridized carbons (Fsp3) is 0.133. The number of hydrogen-bond acceptors (Lipinski definition) is 3. The fourth-order valence-corrected chi connectivity index (χ4v) is 1.73. The number of benzene rings is 2. The van der Waals surface area contributed by atoms with Gasteiger partial charge in [0.1, 0.15) is 0 Å². The number of hydroxylamine groups is 2. The molecular formula is C15H15NO4. The highest BCUT2D eigenvalue weighted by molar-refractivity contribution is 5.64. The molecule has 0 bridgehead atoms. The largest absolute Gasteiger partial charge is 0.504 e. The summed E-state index contributed by atoms with van der Waals surface area (Å²) in [5, 5.41) is 19.6. The van der Waals surface area contributed by atoms with Crippen molar-refractivity contribution in [3.8, 4) is 11.5 Å². The molecule has 2 aromatic carbocycles. The van der Waals surface area contributed by atoms with Crippen LogP contribution in [0.4, 0.5) is 4.79 Å². The van der Waals surface area contributed by atoms with Crippen LogP contribution in [0.1, 0.15) is 11.1 Å². The second kappa shape index (κ2) is 5.97. The van der Waals surface area contributed by atoms with E-state index < -0.39 is 6.09 Å². The van der Waals surface area contributed by atoms with E-state index in [1.807, 2.05) is 31.2 Å². The van der Waals surface area contributed by atoms with E-state index in [0.29, 0.717) is 0 Å². The summed E-state index contributed by atoms with van der Waals surface area (Å²) in [5.74, 6) is -0.00739. The number of phenolic OH excluding ortho intramolecular Hbond substituents is 1. The molecule has 5 heteroatoms. The monoisotopic (exact) mass is 273 g/mol. The molecule has 0 aliphatic heterocycles. The molecule has 0 aliphatic rings. The number of aromatic hydroxyl groups is 1. The maximum Gasteiger partial charge on any atom is 0.441 e. The highest BCUT2D eigenvalue weighted by atomic mass is 16.7. The Labute approximate surface area is 116 Å². The lowest BCUT2D eigenvalue weighted by Crippen LogP contribution is -2.32. The lowest BCUT2D eigenvalue weighted by atomic mass is 10.1. The number of nitrogens with zero attached hydrogens (tertiary/aromatic N) is 1. The lowest BCUT2D eigenvalue weighted by Gasteiger charge is -2.20. The van der Waals surface area contributed by atoms with Gasteiger partial charge in [0.25, 0.3) is 0 Å². The second-order valence-electron chi connectivity index (χ2n) is 4.30. The molecule has 20 heavy (non-hydrogen) atoms. The molecule has 2 rings (SSSR count). The summed E-state index contributed by atoms with van der Waals surface area (Å²) in [6.45, 7) is 1.98. The van der Waals surface area contributed by atoms with Crippen LogP contribution in [-0.4, -0.2) is 21.4 Å². The maximum atomic E-state index is 11.3. The summed E-state index contributed by atoms with van der Waals surface area (Å²) in [5.41, 5.74) is 1.81. The van der Waals surface area contributed by atoms with Gasteiger partial charge in [0.15, 0.2) is 11.5 Å². The Bertz CT molecular complexity index is 565. The van der Waals surface area contributed by atoms with Crippen molar-refractivity contribution >= 4 is 6.09 Å². The molecule has 0 aliphatic carbocycles. The van der Waals surface area contributed by atoms with E-state index in [0.717, 1.165) is 16.2 Å². The zero-order valence-electron chi connectivity index (χ0n) is 11.0. The van der Waals surface area contributed by atoms with Gasteiger partial charge < -0.3 is 15.1 Å². The SMILES string of the molecule is Cc1ccccc1CN(Oc1ccccc1O)C(=O)O. The van der Waals surface area contributed by atoms with E-state index in [9.17, 15) is 15.0 Å². The maximum absolute atomic E-state index is 11.3. The van der Waals surface area contributed by atoms with Gasteiger partial charge in [-0.1, -0.05) is 36.4 Å². The van der Waals surface area contributed by atoms with Crippen LogP contribution < -0.4 is 4.84 Å². The molecule has 1 amide bonds. The summed E-state index contributed by atoms with van der Waals surface area (Å²) >= 11 is 0. The zero-order valence-corrected chi connectivity index (χ0v) is 11.0. The number of phenols is 1. The molecule has 0 spiro atoms. The molecule has 0 aromatic heterocycles. The molecule has 2 N–H and O–H groups in total. The molecule has 0 fully saturated rings. The van der Waals surface area contributed by atoms with Crippen LogP contribution in [0.15, 0.2) is 48.5 Å². The van der Waals surface area contributed by atoms with Gasteiger partial charge >= 0.3 is 6.09 Å². The van der Waals surface area contributed by atoms with Crippen molar-refractivity contribution in [3.05, 3.63) is 59.7 Å². The first-order chi connectivity index (χ1) is 9.58. The van der Waals surface area contributed by atoms with E-state index in [1.165, 1.54) is 12.1 Å². The topological polar surface area (TPSA) is 70.0 Å². The minimum absolute atomic E-state index is 0.0797. The van der Waals surface area contributed by atoms with Gasteiger partial charge in [-0.15, -0.1) is 5.06 Å². The normalized spacial score (nSPS) is 10.1. The Hall–Kier alpha value is -2.69. The zero-order chi connectivity index (χ0) is 14.5. The van der Waals surface area contributed by atoms with Crippen LogP contribution in [0.3, 0.4) is 0 Å². The van der Waals surface area contributed by atoms with Gasteiger partial charge in [-0.2, -0.15) is 0 Å². The third kappa shape index (κ3) is 3.20. The molecule has 104 valence electrons. The summed E-state index contributed by atoms with van der Waals surface area (Å²) in [6.07, 6.45) is -1.23. The van der Waals surface area contributed by atoms with Crippen molar-refractivity contribution in [1.82, 2.24) is 5.06 Å². The predicted molar refractivity (Wildman–Crippen MR) is 73.5 cm³/mol. The highest BCUT2D eigenvalue weighted by Crippen LogP contribution is 2.26. The molecule has 2 aromatic rings. The number of para-hydroxylation sites is 2. The highest BCUT2D eigenvalue weighted by Gasteiger charge is 2.17. The van der Waals surface area contributed by atoms with Crippen molar-refractivity contribution in [2.45, 2.75) is 13.5 Å². The molecule has 0 heterocycles. The molecule has 0 saturated carbocycles. The van der Waals surface area contributed by atoms with Crippen molar-refractivity contribution in [3.63, 3.8) is 0 Å². The number of amides is 1. The van der Waals surface area contributed by atoms with Gasteiger partial charge in [-0.05, 0) is 30.2 Å². The molecular weight excluding hydrogens is 258 g/mol. The second-order valence-corrected chi connectivity index (χ2v) is 4.30. The quantitative estimate of drug-likeness (QED) is 0.839. The smallest absolute Gasteiger partial charge is 0.441 e. The first kappa shape index (κ1) is 13.7. The number of carbonyl (C=O) groups is 1. The van der Waals surface area contributed by atoms with Crippen molar-refractivity contribution in [1.29, 1.82) is 0 Å². The predicted octanol–water partition coefficient (Wildman–Crippen LogP) is 3.17. The molecule has 0 saturated heterocycles. The van der Waals surface area contributed by atoms with Crippen LogP contribution in [0, 0.1) is 6.92 Å². The summed E-state index contributed by atoms with van der Waals surface area (Å²) in [4.78, 5) is 16.5. The molecule has 5 nitrogen and oxygen atoms in total. The summed E-state index contributed by atoms with van der Waals surface area (Å²) < 4.78 is 0. The molecule has 0 atom stereocenters. The standard InChI is InChI=1S/C15H15NO4/c1-11-6-2-3-7-12(11)10-16(15(18)19)20-14-9-5-4-8-13(14)17/h2-9,17H,10H2,1H3,(H,18,19). The Morgan fingerprint density at radius 1 is 1.15 bits per heavy atom.